The summed E-state index contributed by atoms with van der Waals surface area (Å²) >= 11 is 12.4. The highest BCUT2D eigenvalue weighted by Crippen LogP contribution is 2.37. The number of rotatable bonds is 3. The summed E-state index contributed by atoms with van der Waals surface area (Å²) in [4.78, 5) is 4.26. The lowest BCUT2D eigenvalue weighted by atomic mass is 10.2. The fourth-order valence-corrected chi connectivity index (χ4v) is 2.26. The predicted octanol–water partition coefficient (Wildman–Crippen LogP) is 4.18. The molecule has 0 aliphatic rings. The summed E-state index contributed by atoms with van der Waals surface area (Å²) in [5, 5.41) is 0.989. The van der Waals surface area contributed by atoms with Crippen LogP contribution in [-0.2, 0) is 7.05 Å². The maximum absolute atomic E-state index is 6.20. The molecule has 0 saturated heterocycles. The van der Waals surface area contributed by atoms with Gasteiger partial charge in [0.05, 0.1) is 16.1 Å². The minimum atomic E-state index is 0.0269. The van der Waals surface area contributed by atoms with Gasteiger partial charge in [0.25, 0.3) is 0 Å². The molecule has 0 radical (unpaired) electrons. The van der Waals surface area contributed by atoms with E-state index in [1.165, 1.54) is 0 Å². The molecule has 0 N–H and O–H groups in total. The maximum atomic E-state index is 6.20. The van der Waals surface area contributed by atoms with E-state index in [0.717, 1.165) is 11.4 Å². The molecule has 0 amide bonds. The van der Waals surface area contributed by atoms with Gasteiger partial charge in [-0.1, -0.05) is 23.2 Å². The van der Waals surface area contributed by atoms with Crippen LogP contribution in [0.25, 0.3) is 11.4 Å². The van der Waals surface area contributed by atoms with Gasteiger partial charge in [0, 0.05) is 25.0 Å². The number of ether oxygens (including phenoxy) is 1. The molecule has 0 unspecified atom stereocenters. The van der Waals surface area contributed by atoms with Crippen LogP contribution < -0.4 is 4.74 Å². The van der Waals surface area contributed by atoms with Crippen molar-refractivity contribution in [2.75, 3.05) is 0 Å². The number of benzene rings is 1. The topological polar surface area (TPSA) is 27.1 Å². The predicted molar refractivity (Wildman–Crippen MR) is 74.4 cm³/mol. The number of aryl methyl sites for hydroxylation is 1. The van der Waals surface area contributed by atoms with Gasteiger partial charge in [-0.15, -0.1) is 0 Å². The van der Waals surface area contributed by atoms with Gasteiger partial charge in [-0.3, -0.25) is 0 Å². The molecule has 2 aromatic rings. The first-order chi connectivity index (χ1) is 8.49. The Bertz CT molecular complexity index is 541. The van der Waals surface area contributed by atoms with Crippen molar-refractivity contribution in [1.82, 2.24) is 9.55 Å². The van der Waals surface area contributed by atoms with Crippen LogP contribution in [0.5, 0.6) is 5.75 Å². The summed E-state index contributed by atoms with van der Waals surface area (Å²) in [6, 6.07) is 3.63. The molecule has 0 bridgehead atoms. The molecule has 1 aromatic carbocycles. The molecule has 0 aliphatic carbocycles. The summed E-state index contributed by atoms with van der Waals surface area (Å²) in [6.45, 7) is 3.86. The Morgan fingerprint density at radius 2 is 1.83 bits per heavy atom. The largest absolute Gasteiger partial charge is 0.488 e. The van der Waals surface area contributed by atoms with Crippen molar-refractivity contribution >= 4 is 23.2 Å². The Hall–Kier alpha value is -1.19. The van der Waals surface area contributed by atoms with Gasteiger partial charge in [0.1, 0.15) is 5.82 Å². The van der Waals surface area contributed by atoms with Crippen LogP contribution in [0, 0.1) is 0 Å². The van der Waals surface area contributed by atoms with Gasteiger partial charge < -0.3 is 9.30 Å². The van der Waals surface area contributed by atoms with Gasteiger partial charge in [-0.05, 0) is 26.0 Å². The van der Waals surface area contributed by atoms with Gasteiger partial charge in [0.2, 0.25) is 0 Å². The van der Waals surface area contributed by atoms with Gasteiger partial charge in [-0.2, -0.15) is 0 Å². The molecule has 3 nitrogen and oxygen atoms in total. The minimum absolute atomic E-state index is 0.0269. The van der Waals surface area contributed by atoms with Crippen LogP contribution in [0.15, 0.2) is 24.5 Å². The summed E-state index contributed by atoms with van der Waals surface area (Å²) in [7, 11) is 1.92. The van der Waals surface area contributed by atoms with Gasteiger partial charge in [0.15, 0.2) is 5.75 Å². The number of hydrogen-bond acceptors (Lipinski definition) is 2. The third-order valence-electron chi connectivity index (χ3n) is 2.43. The minimum Gasteiger partial charge on any atom is -0.488 e. The maximum Gasteiger partial charge on any atom is 0.156 e. The van der Waals surface area contributed by atoms with E-state index in [2.05, 4.69) is 4.98 Å². The third-order valence-corrected chi connectivity index (χ3v) is 2.99. The normalized spacial score (nSPS) is 11.0. The van der Waals surface area contributed by atoms with E-state index in [0.29, 0.717) is 15.8 Å². The highest BCUT2D eigenvalue weighted by Gasteiger charge is 2.13. The summed E-state index contributed by atoms with van der Waals surface area (Å²) in [6.07, 6.45) is 3.63. The molecule has 96 valence electrons. The smallest absolute Gasteiger partial charge is 0.156 e. The first kappa shape index (κ1) is 13.2. The molecule has 0 atom stereocenters. The van der Waals surface area contributed by atoms with E-state index in [1.807, 2.05) is 43.8 Å². The van der Waals surface area contributed by atoms with Crippen molar-refractivity contribution in [3.63, 3.8) is 0 Å². The van der Waals surface area contributed by atoms with Crippen molar-refractivity contribution in [3.8, 4) is 17.1 Å². The molecule has 1 heterocycles. The standard InChI is InChI=1S/C13H14Cl2N2O/c1-8(2)18-12-10(14)6-9(7-11(12)15)13-16-4-5-17(13)3/h4-8H,1-3H3. The molecule has 0 spiro atoms. The molecule has 0 fully saturated rings. The molecule has 1 aromatic heterocycles. The molecule has 18 heavy (non-hydrogen) atoms. The van der Waals surface area contributed by atoms with E-state index in [9.17, 15) is 0 Å². The van der Waals surface area contributed by atoms with Crippen molar-refractivity contribution < 1.29 is 4.74 Å². The van der Waals surface area contributed by atoms with E-state index in [-0.39, 0.29) is 6.10 Å². The highest BCUT2D eigenvalue weighted by molar-refractivity contribution is 6.37. The van der Waals surface area contributed by atoms with E-state index in [1.54, 1.807) is 6.20 Å². The van der Waals surface area contributed by atoms with Crippen LogP contribution in [0.4, 0.5) is 0 Å². The van der Waals surface area contributed by atoms with E-state index < -0.39 is 0 Å². The fourth-order valence-electron chi connectivity index (χ4n) is 1.68. The Kier molecular flexibility index (Phi) is 3.83. The second-order valence-electron chi connectivity index (χ2n) is 4.30. The SMILES string of the molecule is CC(C)Oc1c(Cl)cc(-c2nccn2C)cc1Cl. The van der Waals surface area contributed by atoms with E-state index >= 15 is 0 Å². The molecule has 5 heteroatoms. The molecular weight excluding hydrogens is 271 g/mol. The van der Waals surface area contributed by atoms with Crippen LogP contribution >= 0.6 is 23.2 Å². The zero-order chi connectivity index (χ0) is 13.3. The highest BCUT2D eigenvalue weighted by atomic mass is 35.5. The zero-order valence-electron chi connectivity index (χ0n) is 10.4. The molecule has 0 aliphatic heterocycles. The van der Waals surface area contributed by atoms with Crippen molar-refractivity contribution in [3.05, 3.63) is 34.6 Å². The fraction of sp³-hybridized carbons (Fsp3) is 0.308. The Morgan fingerprint density at radius 3 is 2.28 bits per heavy atom. The van der Waals surface area contributed by atoms with E-state index in [4.69, 9.17) is 27.9 Å². The first-order valence-electron chi connectivity index (χ1n) is 5.62. The molecular formula is C13H14Cl2N2O. The summed E-state index contributed by atoms with van der Waals surface area (Å²) in [5.41, 5.74) is 0.869. The monoisotopic (exact) mass is 284 g/mol. The number of nitrogens with zero attached hydrogens (tertiary/aromatic N) is 2. The number of imidazole rings is 1. The zero-order valence-corrected chi connectivity index (χ0v) is 12.0. The average Bonchev–Trinajstić information content (AvgIpc) is 2.69. The second kappa shape index (κ2) is 5.21. The number of halogens is 2. The quantitative estimate of drug-likeness (QED) is 0.845. The molecule has 0 saturated carbocycles. The summed E-state index contributed by atoms with van der Waals surface area (Å²) in [5.74, 6) is 1.33. The van der Waals surface area contributed by atoms with Crippen LogP contribution in [-0.4, -0.2) is 15.7 Å². The lowest BCUT2D eigenvalue weighted by Crippen LogP contribution is -2.06. The van der Waals surface area contributed by atoms with Crippen molar-refractivity contribution in [2.45, 2.75) is 20.0 Å². The van der Waals surface area contributed by atoms with Gasteiger partial charge >= 0.3 is 0 Å². The Balaban J connectivity index is 2.46. The Labute approximate surface area is 116 Å². The van der Waals surface area contributed by atoms with Crippen molar-refractivity contribution in [2.24, 2.45) is 7.05 Å². The second-order valence-corrected chi connectivity index (χ2v) is 5.11. The number of hydrogen-bond donors (Lipinski definition) is 0. The van der Waals surface area contributed by atoms with Crippen LogP contribution in [0.3, 0.4) is 0 Å². The molecule has 2 rings (SSSR count). The lowest BCUT2D eigenvalue weighted by Gasteiger charge is -2.14. The number of aromatic nitrogens is 2. The third kappa shape index (κ3) is 2.62. The van der Waals surface area contributed by atoms with Crippen molar-refractivity contribution in [1.29, 1.82) is 0 Å². The first-order valence-corrected chi connectivity index (χ1v) is 6.38. The van der Waals surface area contributed by atoms with Crippen LogP contribution in [0.2, 0.25) is 10.0 Å². The van der Waals surface area contributed by atoms with Crippen LogP contribution in [0.1, 0.15) is 13.8 Å². The average molecular weight is 285 g/mol. The van der Waals surface area contributed by atoms with Gasteiger partial charge in [-0.25, -0.2) is 4.98 Å². The lowest BCUT2D eigenvalue weighted by molar-refractivity contribution is 0.243. The summed E-state index contributed by atoms with van der Waals surface area (Å²) < 4.78 is 7.49. The Morgan fingerprint density at radius 1 is 1.22 bits per heavy atom.